The van der Waals surface area contributed by atoms with E-state index in [0.717, 1.165) is 57.8 Å². The van der Waals surface area contributed by atoms with Gasteiger partial charge in [-0.2, -0.15) is 0 Å². The Morgan fingerprint density at radius 3 is 1.11 bits per heavy atom. The van der Waals surface area contributed by atoms with Gasteiger partial charge < -0.3 is 20.4 Å². The van der Waals surface area contributed by atoms with Crippen molar-refractivity contribution in [2.45, 2.75) is 96.3 Å². The zero-order valence-electron chi connectivity index (χ0n) is 16.5. The van der Waals surface area contributed by atoms with Crippen molar-refractivity contribution in [2.75, 3.05) is 0 Å². The minimum Gasteiger partial charge on any atom is -0.481 e. The van der Waals surface area contributed by atoms with E-state index in [9.17, 15) is 19.2 Å². The van der Waals surface area contributed by atoms with Gasteiger partial charge >= 0.3 is 23.9 Å². The van der Waals surface area contributed by atoms with Crippen LogP contribution in [-0.2, 0) is 19.2 Å². The first-order valence-electron chi connectivity index (χ1n) is 10.0. The maximum absolute atomic E-state index is 11.1. The Balaban J connectivity index is 4.03. The van der Waals surface area contributed by atoms with Gasteiger partial charge in [-0.15, -0.1) is 0 Å². The Morgan fingerprint density at radius 2 is 0.786 bits per heavy atom. The van der Waals surface area contributed by atoms with E-state index < -0.39 is 48.6 Å². The molecule has 0 saturated carbocycles. The predicted octanol–water partition coefficient (Wildman–Crippen LogP) is 4.16. The van der Waals surface area contributed by atoms with E-state index in [1.807, 2.05) is 0 Å². The molecule has 0 radical (unpaired) electrons. The molecular formula is C20H34O8. The molecule has 0 fully saturated rings. The van der Waals surface area contributed by atoms with Gasteiger partial charge in [-0.1, -0.05) is 57.8 Å². The van der Waals surface area contributed by atoms with E-state index in [1.165, 1.54) is 0 Å². The van der Waals surface area contributed by atoms with Crippen molar-refractivity contribution in [3.8, 4) is 0 Å². The number of hydrogen-bond donors (Lipinski definition) is 4. The first-order chi connectivity index (χ1) is 13.2. The van der Waals surface area contributed by atoms with E-state index in [-0.39, 0.29) is 12.8 Å². The first kappa shape index (κ1) is 25.9. The van der Waals surface area contributed by atoms with Crippen molar-refractivity contribution in [3.63, 3.8) is 0 Å². The predicted molar refractivity (Wildman–Crippen MR) is 102 cm³/mol. The molecule has 0 aromatic rings. The Hall–Kier alpha value is -2.12. The summed E-state index contributed by atoms with van der Waals surface area (Å²) >= 11 is 0. The van der Waals surface area contributed by atoms with Crippen LogP contribution in [0.25, 0.3) is 0 Å². The van der Waals surface area contributed by atoms with Gasteiger partial charge in [-0.05, 0) is 12.8 Å². The van der Waals surface area contributed by atoms with Crippen LogP contribution in [0.4, 0.5) is 0 Å². The number of carboxylic acids is 4. The molecule has 0 aromatic carbocycles. The molecule has 0 unspecified atom stereocenters. The topological polar surface area (TPSA) is 149 Å². The van der Waals surface area contributed by atoms with E-state index in [2.05, 4.69) is 0 Å². The lowest BCUT2D eigenvalue weighted by molar-refractivity contribution is -0.148. The van der Waals surface area contributed by atoms with Gasteiger partial charge in [-0.25, -0.2) is 0 Å². The molecule has 0 saturated heterocycles. The average molecular weight is 402 g/mol. The molecule has 0 spiro atoms. The van der Waals surface area contributed by atoms with Gasteiger partial charge in [0.25, 0.3) is 0 Å². The molecule has 0 heterocycles. The number of carbonyl (C=O) groups is 4. The summed E-state index contributed by atoms with van der Waals surface area (Å²) < 4.78 is 0. The summed E-state index contributed by atoms with van der Waals surface area (Å²) in [6.07, 6.45) is 8.50. The van der Waals surface area contributed by atoms with Crippen molar-refractivity contribution in [3.05, 3.63) is 0 Å². The summed E-state index contributed by atoms with van der Waals surface area (Å²) in [4.78, 5) is 43.7. The quantitative estimate of drug-likeness (QED) is 0.235. The summed E-state index contributed by atoms with van der Waals surface area (Å²) in [5, 5.41) is 35.7. The lowest BCUT2D eigenvalue weighted by Crippen LogP contribution is -2.30. The Labute approximate surface area is 165 Å². The summed E-state index contributed by atoms with van der Waals surface area (Å²) in [5.74, 6) is -4.28. The van der Waals surface area contributed by atoms with Crippen LogP contribution in [0, 0.1) is 5.41 Å². The highest BCUT2D eigenvalue weighted by Crippen LogP contribution is 2.37. The standard InChI is InChI=1S/C20H34O8/c21-16(22)11-9-7-5-3-1-2-4-6-8-10-12-20(13-17(23)24,14-18(25)26)15-19(27)28/h1-15H2,(H,21,22)(H,23,24)(H,25,26)(H,27,28). The van der Waals surface area contributed by atoms with Crippen LogP contribution in [0.15, 0.2) is 0 Å². The lowest BCUT2D eigenvalue weighted by Gasteiger charge is -2.29. The second kappa shape index (κ2) is 14.9. The van der Waals surface area contributed by atoms with Crippen molar-refractivity contribution in [1.29, 1.82) is 0 Å². The second-order valence-corrected chi connectivity index (χ2v) is 7.64. The van der Waals surface area contributed by atoms with Gasteiger partial charge in [0, 0.05) is 11.8 Å². The third-order valence-electron chi connectivity index (χ3n) is 4.93. The van der Waals surface area contributed by atoms with Gasteiger partial charge in [0.1, 0.15) is 0 Å². The number of unbranched alkanes of at least 4 members (excludes halogenated alkanes) is 9. The SMILES string of the molecule is O=C(O)CCCCCCCCCCCCC(CC(=O)O)(CC(=O)O)CC(=O)O. The van der Waals surface area contributed by atoms with Crippen molar-refractivity contribution in [2.24, 2.45) is 5.41 Å². The van der Waals surface area contributed by atoms with Gasteiger partial charge in [0.2, 0.25) is 0 Å². The minimum absolute atomic E-state index is 0.229. The van der Waals surface area contributed by atoms with Gasteiger partial charge in [0.15, 0.2) is 0 Å². The van der Waals surface area contributed by atoms with Crippen LogP contribution >= 0.6 is 0 Å². The Morgan fingerprint density at radius 1 is 0.464 bits per heavy atom. The van der Waals surface area contributed by atoms with Crippen molar-refractivity contribution >= 4 is 23.9 Å². The molecule has 28 heavy (non-hydrogen) atoms. The minimum atomic E-state index is -1.24. The lowest BCUT2D eigenvalue weighted by atomic mass is 9.74. The molecule has 162 valence electrons. The zero-order chi connectivity index (χ0) is 21.4. The summed E-state index contributed by atoms with van der Waals surface area (Å²) in [7, 11) is 0. The molecule has 0 aliphatic heterocycles. The maximum Gasteiger partial charge on any atom is 0.303 e. The van der Waals surface area contributed by atoms with Crippen LogP contribution in [0.5, 0.6) is 0 Å². The highest BCUT2D eigenvalue weighted by molar-refractivity contribution is 5.75. The van der Waals surface area contributed by atoms with Crippen molar-refractivity contribution < 1.29 is 39.6 Å². The molecule has 0 aromatic heterocycles. The summed E-state index contributed by atoms with van der Waals surface area (Å²) in [6.45, 7) is 0. The largest absolute Gasteiger partial charge is 0.481 e. The monoisotopic (exact) mass is 402 g/mol. The fourth-order valence-electron chi connectivity index (χ4n) is 3.61. The van der Waals surface area contributed by atoms with E-state index in [1.54, 1.807) is 0 Å². The fourth-order valence-corrected chi connectivity index (χ4v) is 3.61. The maximum atomic E-state index is 11.1. The van der Waals surface area contributed by atoms with Crippen LogP contribution < -0.4 is 0 Å². The van der Waals surface area contributed by atoms with Crippen LogP contribution in [0.1, 0.15) is 96.3 Å². The third-order valence-corrected chi connectivity index (χ3v) is 4.93. The van der Waals surface area contributed by atoms with E-state index in [4.69, 9.17) is 20.4 Å². The normalized spacial score (nSPS) is 11.3. The molecule has 8 heteroatoms. The molecule has 0 amide bonds. The van der Waals surface area contributed by atoms with Gasteiger partial charge in [0.05, 0.1) is 19.3 Å². The molecule has 0 atom stereocenters. The van der Waals surface area contributed by atoms with E-state index in [0.29, 0.717) is 6.42 Å². The second-order valence-electron chi connectivity index (χ2n) is 7.64. The third kappa shape index (κ3) is 15.0. The number of hydrogen-bond acceptors (Lipinski definition) is 4. The number of aliphatic carboxylic acids is 4. The van der Waals surface area contributed by atoms with Crippen LogP contribution in [-0.4, -0.2) is 44.3 Å². The number of carboxylic acid groups (broad SMARTS) is 4. The van der Waals surface area contributed by atoms with Gasteiger partial charge in [-0.3, -0.25) is 19.2 Å². The van der Waals surface area contributed by atoms with Crippen LogP contribution in [0.2, 0.25) is 0 Å². The molecule has 0 bridgehead atoms. The summed E-state index contributed by atoms with van der Waals surface area (Å²) in [6, 6.07) is 0. The molecule has 0 rings (SSSR count). The van der Waals surface area contributed by atoms with E-state index >= 15 is 0 Å². The fraction of sp³-hybridized carbons (Fsp3) is 0.800. The Bertz CT molecular complexity index is 460. The Kier molecular flexibility index (Phi) is 13.8. The average Bonchev–Trinajstić information content (AvgIpc) is 2.53. The number of rotatable bonds is 19. The highest BCUT2D eigenvalue weighted by Gasteiger charge is 2.37. The molecule has 0 aliphatic carbocycles. The van der Waals surface area contributed by atoms with Crippen molar-refractivity contribution in [1.82, 2.24) is 0 Å². The molecular weight excluding hydrogens is 368 g/mol. The smallest absolute Gasteiger partial charge is 0.303 e. The first-order valence-corrected chi connectivity index (χ1v) is 10.0. The zero-order valence-corrected chi connectivity index (χ0v) is 16.5. The molecule has 0 aliphatic rings. The summed E-state index contributed by atoms with van der Waals surface area (Å²) in [5.41, 5.74) is -1.24. The van der Waals surface area contributed by atoms with Crippen LogP contribution in [0.3, 0.4) is 0 Å². The molecule has 4 N–H and O–H groups in total. The highest BCUT2D eigenvalue weighted by atomic mass is 16.4. The molecule has 8 nitrogen and oxygen atoms in total.